The quantitative estimate of drug-likeness (QED) is 0.262. The molecule has 3 aromatic rings. The molecule has 0 saturated carbocycles. The van der Waals surface area contributed by atoms with E-state index in [1.54, 1.807) is 92.8 Å². The average molecular weight is 596 g/mol. The van der Waals surface area contributed by atoms with Crippen molar-refractivity contribution in [3.05, 3.63) is 114 Å². The minimum Gasteiger partial charge on any atom is -0.457 e. The van der Waals surface area contributed by atoms with Gasteiger partial charge >= 0.3 is 5.97 Å². The van der Waals surface area contributed by atoms with E-state index in [2.05, 4.69) is 5.32 Å². The van der Waals surface area contributed by atoms with Crippen molar-refractivity contribution in [3.63, 3.8) is 0 Å². The lowest BCUT2D eigenvalue weighted by Crippen LogP contribution is -2.57. The highest BCUT2D eigenvalue weighted by Crippen LogP contribution is 2.31. The first-order chi connectivity index (χ1) is 21.1. The van der Waals surface area contributed by atoms with Crippen LogP contribution in [0.3, 0.4) is 0 Å². The summed E-state index contributed by atoms with van der Waals surface area (Å²) in [6, 6.07) is 24.6. The van der Waals surface area contributed by atoms with E-state index in [0.717, 1.165) is 5.56 Å². The van der Waals surface area contributed by atoms with Crippen molar-refractivity contribution in [2.24, 2.45) is 5.92 Å². The van der Waals surface area contributed by atoms with E-state index in [4.69, 9.17) is 4.74 Å². The summed E-state index contributed by atoms with van der Waals surface area (Å²) in [5, 5.41) is 2.67. The molecule has 0 aromatic heterocycles. The van der Waals surface area contributed by atoms with E-state index in [0.29, 0.717) is 16.8 Å². The number of carbonyl (C=O) groups excluding carboxylic acids is 5. The number of hydrogen-bond donors (Lipinski definition) is 1. The average Bonchev–Trinajstić information content (AvgIpc) is 3.01. The fourth-order valence-corrected chi connectivity index (χ4v) is 5.06. The van der Waals surface area contributed by atoms with Crippen LogP contribution in [0.1, 0.15) is 49.2 Å². The van der Waals surface area contributed by atoms with E-state index < -0.39 is 48.3 Å². The summed E-state index contributed by atoms with van der Waals surface area (Å²) in [4.78, 5) is 69.8. The normalized spacial score (nSPS) is 15.5. The van der Waals surface area contributed by atoms with E-state index in [1.807, 2.05) is 32.0 Å². The monoisotopic (exact) mass is 595 g/mol. The van der Waals surface area contributed by atoms with Crippen LogP contribution in [0.25, 0.3) is 5.70 Å². The number of amides is 3. The van der Waals surface area contributed by atoms with Gasteiger partial charge in [-0.3, -0.25) is 24.1 Å². The molecular formula is C35H37N3O6. The Morgan fingerprint density at radius 3 is 1.95 bits per heavy atom. The first kappa shape index (κ1) is 31.9. The van der Waals surface area contributed by atoms with Gasteiger partial charge in [0.25, 0.3) is 17.6 Å². The number of nitrogens with one attached hydrogen (secondary N) is 1. The number of ether oxygens (including phenoxy) is 1. The lowest BCUT2D eigenvalue weighted by Gasteiger charge is -2.41. The maximum Gasteiger partial charge on any atom is 0.377 e. The van der Waals surface area contributed by atoms with Gasteiger partial charge in [-0.25, -0.2) is 4.79 Å². The van der Waals surface area contributed by atoms with Crippen molar-refractivity contribution >= 4 is 35.2 Å². The van der Waals surface area contributed by atoms with Crippen molar-refractivity contribution in [1.82, 2.24) is 15.1 Å². The number of Topliss-reactive ketones (excluding diaryl/α,β-unsaturated/α-hetero) is 1. The molecule has 3 amide bonds. The standard InChI is InChI=1S/C35H37N3O6/c1-23(2)31-34(42)37(29(26-16-10-6-11-17-26)21-38(31)33(41)27-18-12-7-13-19-27)22-30(39)36-28(20-25-14-8-5-9-15-25)32(40)35(43)44-24(3)4/h5-19,21,23-24,28,31H,20,22H2,1-4H3,(H,36,39)/t28-,31+/m0/s1. The van der Waals surface area contributed by atoms with Gasteiger partial charge in [-0.05, 0) is 43.0 Å². The fraction of sp³-hybridized carbons (Fsp3) is 0.286. The first-order valence-corrected chi connectivity index (χ1v) is 14.6. The molecule has 1 N–H and O–H groups in total. The molecule has 0 aliphatic carbocycles. The van der Waals surface area contributed by atoms with Crippen molar-refractivity contribution in [2.75, 3.05) is 6.54 Å². The van der Waals surface area contributed by atoms with Crippen molar-refractivity contribution in [1.29, 1.82) is 0 Å². The van der Waals surface area contributed by atoms with Gasteiger partial charge in [-0.15, -0.1) is 0 Å². The second-order valence-electron chi connectivity index (χ2n) is 11.2. The zero-order chi connectivity index (χ0) is 31.8. The molecule has 1 aliphatic rings. The summed E-state index contributed by atoms with van der Waals surface area (Å²) >= 11 is 0. The number of esters is 1. The highest BCUT2D eigenvalue weighted by atomic mass is 16.5. The number of nitrogens with zero attached hydrogens (tertiary/aromatic N) is 2. The first-order valence-electron chi connectivity index (χ1n) is 14.6. The number of ketones is 1. The number of benzene rings is 3. The third-order valence-corrected chi connectivity index (χ3v) is 7.11. The Hall–Kier alpha value is -5.05. The van der Waals surface area contributed by atoms with Crippen molar-refractivity contribution < 1.29 is 28.7 Å². The molecule has 228 valence electrons. The Kier molecular flexibility index (Phi) is 10.4. The zero-order valence-corrected chi connectivity index (χ0v) is 25.3. The SMILES string of the molecule is CC(C)OC(=O)C(=O)[C@H](Cc1ccccc1)NC(=O)CN1C(=O)[C@@H](C(C)C)N(C(=O)c2ccccc2)C=C1c1ccccc1. The lowest BCUT2D eigenvalue weighted by molar-refractivity contribution is -0.157. The van der Waals surface area contributed by atoms with E-state index in [9.17, 15) is 24.0 Å². The Balaban J connectivity index is 1.67. The molecule has 1 heterocycles. The summed E-state index contributed by atoms with van der Waals surface area (Å²) in [5.74, 6) is -3.64. The third-order valence-electron chi connectivity index (χ3n) is 7.11. The summed E-state index contributed by atoms with van der Waals surface area (Å²) in [5.41, 5.74) is 2.14. The summed E-state index contributed by atoms with van der Waals surface area (Å²) in [6.45, 7) is 6.50. The van der Waals surface area contributed by atoms with Crippen molar-refractivity contribution in [3.8, 4) is 0 Å². The Labute approximate surface area is 257 Å². The molecule has 9 nitrogen and oxygen atoms in total. The third kappa shape index (κ3) is 7.66. The Morgan fingerprint density at radius 2 is 1.39 bits per heavy atom. The highest BCUT2D eigenvalue weighted by Gasteiger charge is 2.41. The minimum absolute atomic E-state index is 0.0575. The van der Waals surface area contributed by atoms with Crippen LogP contribution in [0.15, 0.2) is 97.2 Å². The van der Waals surface area contributed by atoms with Crippen LogP contribution in [0.5, 0.6) is 0 Å². The summed E-state index contributed by atoms with van der Waals surface area (Å²) in [6.07, 6.45) is 1.15. The second-order valence-corrected chi connectivity index (χ2v) is 11.2. The number of carbonyl (C=O) groups is 5. The van der Waals surface area contributed by atoms with Gasteiger partial charge in [-0.1, -0.05) is 92.7 Å². The van der Waals surface area contributed by atoms with Gasteiger partial charge < -0.3 is 15.0 Å². The molecule has 2 atom stereocenters. The molecule has 0 radical (unpaired) electrons. The van der Waals surface area contributed by atoms with Crippen LogP contribution in [0, 0.1) is 5.92 Å². The largest absolute Gasteiger partial charge is 0.457 e. The van der Waals surface area contributed by atoms with Crippen LogP contribution in [0.2, 0.25) is 0 Å². The van der Waals surface area contributed by atoms with Crippen LogP contribution in [-0.4, -0.2) is 64.0 Å². The predicted octanol–water partition coefficient (Wildman–Crippen LogP) is 4.24. The molecule has 3 aromatic carbocycles. The van der Waals surface area contributed by atoms with Gasteiger partial charge in [0.05, 0.1) is 11.8 Å². The molecule has 0 saturated heterocycles. The second kappa shape index (κ2) is 14.4. The molecule has 0 fully saturated rings. The molecule has 0 spiro atoms. The van der Waals surface area contributed by atoms with Gasteiger partial charge in [-0.2, -0.15) is 0 Å². The van der Waals surface area contributed by atoms with Gasteiger partial charge in [0, 0.05) is 18.2 Å². The zero-order valence-electron chi connectivity index (χ0n) is 25.3. The molecule has 4 rings (SSSR count). The molecule has 0 unspecified atom stereocenters. The molecule has 9 heteroatoms. The van der Waals surface area contributed by atoms with Crippen LogP contribution in [-0.2, 0) is 30.3 Å². The van der Waals surface area contributed by atoms with Crippen molar-refractivity contribution in [2.45, 2.75) is 52.3 Å². The summed E-state index contributed by atoms with van der Waals surface area (Å²) < 4.78 is 5.11. The predicted molar refractivity (Wildman–Crippen MR) is 166 cm³/mol. The number of rotatable bonds is 11. The van der Waals surface area contributed by atoms with E-state index in [1.165, 1.54) is 9.80 Å². The smallest absolute Gasteiger partial charge is 0.377 e. The van der Waals surface area contributed by atoms with Gasteiger partial charge in [0.1, 0.15) is 18.6 Å². The molecule has 44 heavy (non-hydrogen) atoms. The van der Waals surface area contributed by atoms with E-state index >= 15 is 0 Å². The number of hydrogen-bond acceptors (Lipinski definition) is 6. The Bertz CT molecular complexity index is 1520. The van der Waals surface area contributed by atoms with Crippen LogP contribution in [0.4, 0.5) is 0 Å². The highest BCUT2D eigenvalue weighted by molar-refractivity contribution is 6.36. The topological polar surface area (TPSA) is 113 Å². The maximum atomic E-state index is 14.1. The van der Waals surface area contributed by atoms with Gasteiger partial charge in [0.2, 0.25) is 5.91 Å². The van der Waals surface area contributed by atoms with E-state index in [-0.39, 0.29) is 18.2 Å². The van der Waals surface area contributed by atoms with Crippen LogP contribution >= 0.6 is 0 Å². The molecule has 1 aliphatic heterocycles. The maximum absolute atomic E-state index is 14.1. The summed E-state index contributed by atoms with van der Waals surface area (Å²) in [7, 11) is 0. The fourth-order valence-electron chi connectivity index (χ4n) is 5.06. The Morgan fingerprint density at radius 1 is 0.818 bits per heavy atom. The molecule has 0 bridgehead atoms. The molecular weight excluding hydrogens is 558 g/mol. The van der Waals surface area contributed by atoms with Crippen LogP contribution < -0.4 is 5.32 Å². The minimum atomic E-state index is -1.21. The lowest BCUT2D eigenvalue weighted by atomic mass is 9.96. The van der Waals surface area contributed by atoms with Gasteiger partial charge in [0.15, 0.2) is 0 Å².